The SMILES string of the molecule is COc1cc(-c2nc3cc(C(=O)O)ccc3n2C)ccc1O. The molecule has 6 heteroatoms. The van der Waals surface area contributed by atoms with E-state index >= 15 is 0 Å². The van der Waals surface area contributed by atoms with Crippen LogP contribution in [0.25, 0.3) is 22.4 Å². The quantitative estimate of drug-likeness (QED) is 0.776. The molecule has 0 radical (unpaired) electrons. The van der Waals surface area contributed by atoms with Crippen molar-refractivity contribution in [1.82, 2.24) is 9.55 Å². The first-order valence-electron chi connectivity index (χ1n) is 6.58. The number of nitrogens with zero attached hydrogens (tertiary/aromatic N) is 2. The Morgan fingerprint density at radius 1 is 1.23 bits per heavy atom. The van der Waals surface area contributed by atoms with Gasteiger partial charge in [-0.1, -0.05) is 0 Å². The van der Waals surface area contributed by atoms with E-state index in [0.717, 1.165) is 11.1 Å². The first-order valence-corrected chi connectivity index (χ1v) is 6.58. The number of methoxy groups -OCH3 is 1. The number of carboxylic acids is 1. The number of hydrogen-bond donors (Lipinski definition) is 2. The molecule has 0 aliphatic carbocycles. The molecule has 3 aromatic rings. The molecular weight excluding hydrogens is 284 g/mol. The van der Waals surface area contributed by atoms with Gasteiger partial charge in [0, 0.05) is 12.6 Å². The molecule has 0 amide bonds. The average molecular weight is 298 g/mol. The molecule has 6 nitrogen and oxygen atoms in total. The highest BCUT2D eigenvalue weighted by atomic mass is 16.5. The minimum Gasteiger partial charge on any atom is -0.504 e. The standard InChI is InChI=1S/C16H14N2O4/c1-18-12-5-3-10(16(20)21)7-11(12)17-15(18)9-4-6-13(19)14(8-9)22-2/h3-8,19H,1-2H3,(H,20,21). The molecule has 2 aromatic carbocycles. The number of phenols is 1. The number of benzene rings is 2. The molecule has 3 rings (SSSR count). The van der Waals surface area contributed by atoms with E-state index in [1.54, 1.807) is 30.3 Å². The predicted octanol–water partition coefficient (Wildman–Crippen LogP) is 2.65. The zero-order valence-corrected chi connectivity index (χ0v) is 12.1. The number of imidazole rings is 1. The summed E-state index contributed by atoms with van der Waals surface area (Å²) in [6.45, 7) is 0. The van der Waals surface area contributed by atoms with E-state index in [1.807, 2.05) is 11.6 Å². The van der Waals surface area contributed by atoms with Crippen molar-refractivity contribution in [3.8, 4) is 22.9 Å². The van der Waals surface area contributed by atoms with E-state index in [-0.39, 0.29) is 11.3 Å². The number of aromatic carboxylic acids is 1. The summed E-state index contributed by atoms with van der Waals surface area (Å²) in [5.74, 6) is 0.0882. The van der Waals surface area contributed by atoms with E-state index in [2.05, 4.69) is 4.98 Å². The summed E-state index contributed by atoms with van der Waals surface area (Å²) in [6, 6.07) is 9.78. The highest BCUT2D eigenvalue weighted by molar-refractivity contribution is 5.93. The van der Waals surface area contributed by atoms with Crippen molar-refractivity contribution in [2.45, 2.75) is 0 Å². The monoisotopic (exact) mass is 298 g/mol. The molecule has 22 heavy (non-hydrogen) atoms. The third kappa shape index (κ3) is 2.14. The Bertz CT molecular complexity index is 883. The zero-order chi connectivity index (χ0) is 15.9. The van der Waals surface area contributed by atoms with Gasteiger partial charge in [0.05, 0.1) is 23.7 Å². The number of hydrogen-bond acceptors (Lipinski definition) is 4. The smallest absolute Gasteiger partial charge is 0.335 e. The van der Waals surface area contributed by atoms with Gasteiger partial charge < -0.3 is 19.5 Å². The molecule has 0 saturated carbocycles. The number of aromatic hydroxyl groups is 1. The van der Waals surface area contributed by atoms with Gasteiger partial charge in [-0.05, 0) is 36.4 Å². The van der Waals surface area contributed by atoms with Crippen LogP contribution in [0, 0.1) is 0 Å². The van der Waals surface area contributed by atoms with Gasteiger partial charge in [0.25, 0.3) is 0 Å². The molecular formula is C16H14N2O4. The van der Waals surface area contributed by atoms with Crippen LogP contribution < -0.4 is 4.74 Å². The van der Waals surface area contributed by atoms with Crippen LogP contribution in [0.1, 0.15) is 10.4 Å². The number of aromatic nitrogens is 2. The Kier molecular flexibility index (Phi) is 3.21. The molecule has 0 aliphatic rings. The van der Waals surface area contributed by atoms with Crippen molar-refractivity contribution >= 4 is 17.0 Å². The fourth-order valence-electron chi connectivity index (χ4n) is 2.41. The molecule has 0 aliphatic heterocycles. The number of fused-ring (bicyclic) bond motifs is 1. The molecule has 0 spiro atoms. The normalized spacial score (nSPS) is 10.8. The second-order valence-corrected chi connectivity index (χ2v) is 4.89. The van der Waals surface area contributed by atoms with Crippen LogP contribution in [0.3, 0.4) is 0 Å². The van der Waals surface area contributed by atoms with Crippen LogP contribution in [-0.2, 0) is 7.05 Å². The fraction of sp³-hybridized carbons (Fsp3) is 0.125. The Morgan fingerprint density at radius 2 is 2.00 bits per heavy atom. The van der Waals surface area contributed by atoms with Crippen molar-refractivity contribution in [3.05, 3.63) is 42.0 Å². The third-order valence-electron chi connectivity index (χ3n) is 3.57. The van der Waals surface area contributed by atoms with E-state index in [0.29, 0.717) is 17.1 Å². The molecule has 1 aromatic heterocycles. The maximum Gasteiger partial charge on any atom is 0.335 e. The lowest BCUT2D eigenvalue weighted by Crippen LogP contribution is -1.96. The first-order chi connectivity index (χ1) is 10.5. The van der Waals surface area contributed by atoms with Gasteiger partial charge >= 0.3 is 5.97 Å². The van der Waals surface area contributed by atoms with Gasteiger partial charge in [0.15, 0.2) is 11.5 Å². The van der Waals surface area contributed by atoms with E-state index in [1.165, 1.54) is 13.2 Å². The Balaban J connectivity index is 2.19. The lowest BCUT2D eigenvalue weighted by Gasteiger charge is -2.06. The lowest BCUT2D eigenvalue weighted by atomic mass is 10.2. The van der Waals surface area contributed by atoms with Crippen molar-refractivity contribution in [1.29, 1.82) is 0 Å². The summed E-state index contributed by atoms with van der Waals surface area (Å²) in [6.07, 6.45) is 0. The Morgan fingerprint density at radius 3 is 2.68 bits per heavy atom. The van der Waals surface area contributed by atoms with Gasteiger partial charge in [0.2, 0.25) is 0 Å². The van der Waals surface area contributed by atoms with Crippen LogP contribution in [0.15, 0.2) is 36.4 Å². The third-order valence-corrected chi connectivity index (χ3v) is 3.57. The summed E-state index contributed by atoms with van der Waals surface area (Å²) < 4.78 is 6.97. The Hall–Kier alpha value is -3.02. The second kappa shape index (κ2) is 5.07. The maximum absolute atomic E-state index is 11.0. The molecule has 0 unspecified atom stereocenters. The van der Waals surface area contributed by atoms with Crippen LogP contribution in [0.5, 0.6) is 11.5 Å². The summed E-state index contributed by atoms with van der Waals surface area (Å²) in [5.41, 5.74) is 2.39. The van der Waals surface area contributed by atoms with Gasteiger partial charge in [-0.25, -0.2) is 9.78 Å². The van der Waals surface area contributed by atoms with Gasteiger partial charge in [0.1, 0.15) is 5.82 Å². The van der Waals surface area contributed by atoms with Crippen molar-refractivity contribution < 1.29 is 19.7 Å². The number of carbonyl (C=O) groups is 1. The van der Waals surface area contributed by atoms with Crippen LogP contribution in [0.4, 0.5) is 0 Å². The summed E-state index contributed by atoms with van der Waals surface area (Å²) >= 11 is 0. The summed E-state index contributed by atoms with van der Waals surface area (Å²) in [7, 11) is 3.33. The average Bonchev–Trinajstić information content (AvgIpc) is 2.84. The van der Waals surface area contributed by atoms with E-state index in [4.69, 9.17) is 9.84 Å². The molecule has 0 fully saturated rings. The van der Waals surface area contributed by atoms with Crippen LogP contribution >= 0.6 is 0 Å². The number of aryl methyl sites for hydroxylation is 1. The second-order valence-electron chi connectivity index (χ2n) is 4.89. The number of ether oxygens (including phenoxy) is 1. The summed E-state index contributed by atoms with van der Waals surface area (Å²) in [5, 5.41) is 18.7. The topological polar surface area (TPSA) is 84.6 Å². The van der Waals surface area contributed by atoms with Crippen molar-refractivity contribution in [2.75, 3.05) is 7.11 Å². The van der Waals surface area contributed by atoms with Gasteiger partial charge in [-0.15, -0.1) is 0 Å². The van der Waals surface area contributed by atoms with Crippen LogP contribution in [-0.4, -0.2) is 32.8 Å². The first kappa shape index (κ1) is 13.9. The van der Waals surface area contributed by atoms with Crippen molar-refractivity contribution in [2.24, 2.45) is 7.05 Å². The molecule has 0 saturated heterocycles. The fourth-order valence-corrected chi connectivity index (χ4v) is 2.41. The number of phenolic OH excluding ortho intramolecular Hbond substituents is 1. The zero-order valence-electron chi connectivity index (χ0n) is 12.1. The largest absolute Gasteiger partial charge is 0.504 e. The molecule has 2 N–H and O–H groups in total. The molecule has 1 heterocycles. The lowest BCUT2D eigenvalue weighted by molar-refractivity contribution is 0.0697. The van der Waals surface area contributed by atoms with Crippen LogP contribution in [0.2, 0.25) is 0 Å². The Labute approximate surface area is 126 Å². The number of carboxylic acid groups (broad SMARTS) is 1. The van der Waals surface area contributed by atoms with Gasteiger partial charge in [-0.2, -0.15) is 0 Å². The highest BCUT2D eigenvalue weighted by Gasteiger charge is 2.14. The molecule has 0 bridgehead atoms. The molecule has 0 atom stereocenters. The van der Waals surface area contributed by atoms with E-state index < -0.39 is 5.97 Å². The maximum atomic E-state index is 11.0. The minimum atomic E-state index is -0.986. The van der Waals surface area contributed by atoms with Crippen molar-refractivity contribution in [3.63, 3.8) is 0 Å². The highest BCUT2D eigenvalue weighted by Crippen LogP contribution is 2.32. The minimum absolute atomic E-state index is 0.0539. The van der Waals surface area contributed by atoms with E-state index in [9.17, 15) is 9.90 Å². The number of rotatable bonds is 3. The van der Waals surface area contributed by atoms with Gasteiger partial charge in [-0.3, -0.25) is 0 Å². The predicted molar refractivity (Wildman–Crippen MR) is 81.3 cm³/mol. The molecule has 112 valence electrons. The summed E-state index contributed by atoms with van der Waals surface area (Å²) in [4.78, 5) is 15.5.